The third-order valence-corrected chi connectivity index (χ3v) is 3.67. The van der Waals surface area contributed by atoms with Gasteiger partial charge in [0.25, 0.3) is 0 Å². The van der Waals surface area contributed by atoms with Crippen LogP contribution in [0.5, 0.6) is 0 Å². The lowest BCUT2D eigenvalue weighted by molar-refractivity contribution is 0.0499. The van der Waals surface area contributed by atoms with Crippen molar-refractivity contribution >= 4 is 5.97 Å². The van der Waals surface area contributed by atoms with Gasteiger partial charge in [0.15, 0.2) is 5.69 Å². The van der Waals surface area contributed by atoms with Gasteiger partial charge in [-0.25, -0.2) is 9.48 Å². The maximum absolute atomic E-state index is 11.7. The van der Waals surface area contributed by atoms with E-state index in [1.807, 2.05) is 11.6 Å². The maximum Gasteiger partial charge on any atom is 0.360 e. The number of carbonyl (C=O) groups excluding carboxylic acids is 1. The Morgan fingerprint density at radius 2 is 2.26 bits per heavy atom. The molecular weight excluding hydrogens is 246 g/mol. The Hall–Kier alpha value is -1.43. The summed E-state index contributed by atoms with van der Waals surface area (Å²) >= 11 is 0. The number of carbonyl (C=O) groups is 1. The average molecular weight is 267 g/mol. The molecule has 0 amide bonds. The fourth-order valence-electron chi connectivity index (χ4n) is 2.63. The lowest BCUT2D eigenvalue weighted by Crippen LogP contribution is -2.25. The standard InChI is InChI=1S/C13H21N3O3/c1-4-19-13(17)12-9(2)16(15-14-12)10-6-5-7-11(8-10)18-3/h10-11H,4-8H2,1-3H3. The highest BCUT2D eigenvalue weighted by atomic mass is 16.5. The molecule has 1 saturated carbocycles. The number of hydrogen-bond donors (Lipinski definition) is 0. The number of aromatic nitrogens is 3. The molecule has 2 atom stereocenters. The monoisotopic (exact) mass is 267 g/mol. The summed E-state index contributed by atoms with van der Waals surface area (Å²) in [6.07, 6.45) is 4.44. The molecule has 0 aromatic carbocycles. The van der Waals surface area contributed by atoms with Crippen LogP contribution in [0.3, 0.4) is 0 Å². The first-order chi connectivity index (χ1) is 9.17. The zero-order valence-electron chi connectivity index (χ0n) is 11.8. The van der Waals surface area contributed by atoms with Gasteiger partial charge >= 0.3 is 5.97 Å². The molecule has 1 aromatic rings. The van der Waals surface area contributed by atoms with E-state index in [1.54, 1.807) is 14.0 Å². The Bertz CT molecular complexity index is 444. The summed E-state index contributed by atoms with van der Waals surface area (Å²) < 4.78 is 12.2. The Morgan fingerprint density at radius 3 is 2.95 bits per heavy atom. The molecule has 0 N–H and O–H groups in total. The van der Waals surface area contributed by atoms with Gasteiger partial charge in [0.1, 0.15) is 0 Å². The summed E-state index contributed by atoms with van der Waals surface area (Å²) in [5, 5.41) is 8.08. The molecule has 1 aliphatic carbocycles. The van der Waals surface area contributed by atoms with Crippen LogP contribution in [0.25, 0.3) is 0 Å². The van der Waals surface area contributed by atoms with Gasteiger partial charge < -0.3 is 9.47 Å². The molecule has 1 heterocycles. The fraction of sp³-hybridized carbons (Fsp3) is 0.769. The van der Waals surface area contributed by atoms with Gasteiger partial charge in [0, 0.05) is 7.11 Å². The fourth-order valence-corrected chi connectivity index (χ4v) is 2.63. The first-order valence-corrected chi connectivity index (χ1v) is 6.79. The second kappa shape index (κ2) is 6.14. The van der Waals surface area contributed by atoms with E-state index in [1.165, 1.54) is 0 Å². The van der Waals surface area contributed by atoms with Crippen molar-refractivity contribution in [2.24, 2.45) is 0 Å². The van der Waals surface area contributed by atoms with Gasteiger partial charge in [-0.05, 0) is 39.5 Å². The minimum atomic E-state index is -0.398. The van der Waals surface area contributed by atoms with Gasteiger partial charge in [-0.15, -0.1) is 5.10 Å². The normalized spacial score (nSPS) is 23.3. The highest BCUT2D eigenvalue weighted by Crippen LogP contribution is 2.30. The van der Waals surface area contributed by atoms with Crippen molar-refractivity contribution in [3.8, 4) is 0 Å². The number of hydrogen-bond acceptors (Lipinski definition) is 5. The highest BCUT2D eigenvalue weighted by molar-refractivity contribution is 5.88. The number of methoxy groups -OCH3 is 1. The van der Waals surface area contributed by atoms with Crippen LogP contribution in [0.2, 0.25) is 0 Å². The number of nitrogens with zero attached hydrogens (tertiary/aromatic N) is 3. The van der Waals surface area contributed by atoms with Crippen molar-refractivity contribution in [3.05, 3.63) is 11.4 Å². The van der Waals surface area contributed by atoms with Crippen molar-refractivity contribution < 1.29 is 14.3 Å². The molecule has 19 heavy (non-hydrogen) atoms. The molecule has 0 radical (unpaired) electrons. The first-order valence-electron chi connectivity index (χ1n) is 6.79. The predicted octanol–water partition coefficient (Wildman–Crippen LogP) is 1.89. The lowest BCUT2D eigenvalue weighted by Gasteiger charge is -2.28. The molecule has 2 unspecified atom stereocenters. The van der Waals surface area contributed by atoms with Crippen LogP contribution in [-0.2, 0) is 9.47 Å². The third-order valence-electron chi connectivity index (χ3n) is 3.67. The largest absolute Gasteiger partial charge is 0.461 e. The molecule has 2 rings (SSSR count). The topological polar surface area (TPSA) is 66.2 Å². The Kier molecular flexibility index (Phi) is 4.52. The summed E-state index contributed by atoms with van der Waals surface area (Å²) in [5.74, 6) is -0.398. The van der Waals surface area contributed by atoms with E-state index in [2.05, 4.69) is 10.3 Å². The molecule has 0 spiro atoms. The summed E-state index contributed by atoms with van der Waals surface area (Å²) in [4.78, 5) is 11.7. The number of esters is 1. The Labute approximate surface area is 113 Å². The van der Waals surface area contributed by atoms with E-state index >= 15 is 0 Å². The maximum atomic E-state index is 11.7. The van der Waals surface area contributed by atoms with Crippen LogP contribution < -0.4 is 0 Å². The molecule has 6 heteroatoms. The molecule has 0 aliphatic heterocycles. The van der Waals surface area contributed by atoms with Gasteiger partial charge in [-0.3, -0.25) is 0 Å². The summed E-state index contributed by atoms with van der Waals surface area (Å²) in [6.45, 7) is 3.99. The summed E-state index contributed by atoms with van der Waals surface area (Å²) in [5.41, 5.74) is 1.10. The van der Waals surface area contributed by atoms with E-state index in [0.717, 1.165) is 31.4 Å². The van der Waals surface area contributed by atoms with Crippen molar-refractivity contribution in [3.63, 3.8) is 0 Å². The molecule has 0 bridgehead atoms. The van der Waals surface area contributed by atoms with Crippen LogP contribution in [0.4, 0.5) is 0 Å². The molecule has 1 aliphatic rings. The van der Waals surface area contributed by atoms with Crippen LogP contribution in [0, 0.1) is 6.92 Å². The van der Waals surface area contributed by atoms with E-state index < -0.39 is 5.97 Å². The predicted molar refractivity (Wildman–Crippen MR) is 69.0 cm³/mol. The van der Waals surface area contributed by atoms with Crippen molar-refractivity contribution in [1.82, 2.24) is 15.0 Å². The van der Waals surface area contributed by atoms with E-state index in [0.29, 0.717) is 12.3 Å². The van der Waals surface area contributed by atoms with E-state index in [9.17, 15) is 4.79 Å². The van der Waals surface area contributed by atoms with E-state index in [4.69, 9.17) is 9.47 Å². The molecular formula is C13H21N3O3. The summed E-state index contributed by atoms with van der Waals surface area (Å²) in [7, 11) is 1.74. The lowest BCUT2D eigenvalue weighted by atomic mass is 9.93. The van der Waals surface area contributed by atoms with Crippen LogP contribution >= 0.6 is 0 Å². The third kappa shape index (κ3) is 2.94. The zero-order valence-corrected chi connectivity index (χ0v) is 11.8. The van der Waals surface area contributed by atoms with Crippen molar-refractivity contribution in [2.45, 2.75) is 51.7 Å². The second-order valence-corrected chi connectivity index (χ2v) is 4.87. The first kappa shape index (κ1) is 14.0. The van der Waals surface area contributed by atoms with Crippen LogP contribution in [0.15, 0.2) is 0 Å². The minimum absolute atomic E-state index is 0.259. The van der Waals surface area contributed by atoms with Gasteiger partial charge in [-0.1, -0.05) is 5.21 Å². The van der Waals surface area contributed by atoms with Crippen molar-refractivity contribution in [1.29, 1.82) is 0 Å². The van der Waals surface area contributed by atoms with Crippen LogP contribution in [-0.4, -0.2) is 40.8 Å². The minimum Gasteiger partial charge on any atom is -0.461 e. The van der Waals surface area contributed by atoms with Crippen LogP contribution in [0.1, 0.15) is 54.8 Å². The molecule has 1 fully saturated rings. The zero-order chi connectivity index (χ0) is 13.8. The Balaban J connectivity index is 2.15. The quantitative estimate of drug-likeness (QED) is 0.779. The summed E-state index contributed by atoms with van der Waals surface area (Å²) in [6, 6.07) is 0.259. The van der Waals surface area contributed by atoms with E-state index in [-0.39, 0.29) is 12.1 Å². The molecule has 1 aromatic heterocycles. The highest BCUT2D eigenvalue weighted by Gasteiger charge is 2.27. The van der Waals surface area contributed by atoms with Crippen molar-refractivity contribution in [2.75, 3.05) is 13.7 Å². The molecule has 6 nitrogen and oxygen atoms in total. The second-order valence-electron chi connectivity index (χ2n) is 4.87. The SMILES string of the molecule is CCOC(=O)c1nnn(C2CCCC(OC)C2)c1C. The average Bonchev–Trinajstić information content (AvgIpc) is 2.81. The van der Waals surface area contributed by atoms with Gasteiger partial charge in [-0.2, -0.15) is 0 Å². The van der Waals surface area contributed by atoms with Gasteiger partial charge in [0.2, 0.25) is 0 Å². The molecule has 0 saturated heterocycles. The number of ether oxygens (including phenoxy) is 2. The smallest absolute Gasteiger partial charge is 0.360 e. The Morgan fingerprint density at radius 1 is 1.47 bits per heavy atom. The molecule has 106 valence electrons. The number of rotatable bonds is 4. The van der Waals surface area contributed by atoms with Gasteiger partial charge in [0.05, 0.1) is 24.4 Å².